The first-order valence-corrected chi connectivity index (χ1v) is 6.38. The lowest BCUT2D eigenvalue weighted by Crippen LogP contribution is -2.40. The van der Waals surface area contributed by atoms with Crippen LogP contribution in [0, 0.1) is 0 Å². The van der Waals surface area contributed by atoms with E-state index in [1.54, 1.807) is 0 Å². The van der Waals surface area contributed by atoms with Crippen LogP contribution >= 0.6 is 0 Å². The van der Waals surface area contributed by atoms with Crippen molar-refractivity contribution in [2.24, 2.45) is 0 Å². The number of benzene rings is 2. The van der Waals surface area contributed by atoms with Crippen LogP contribution in [0.5, 0.6) is 0 Å². The fraction of sp³-hybridized carbons (Fsp3) is 0.267. The van der Waals surface area contributed by atoms with E-state index in [2.05, 4.69) is 5.43 Å². The fourth-order valence-electron chi connectivity index (χ4n) is 2.46. The van der Waals surface area contributed by atoms with E-state index in [0.29, 0.717) is 0 Å². The standard InChI is InChI=1S/C15H16N2O/c18-15(16-17-10-3-4-11-17)14-9-5-7-12-6-1-2-8-13(12)14/h1-2,5-9H,3-4,10-11H2,(H,16,18). The van der Waals surface area contributed by atoms with Crippen LogP contribution in [0.15, 0.2) is 42.5 Å². The summed E-state index contributed by atoms with van der Waals surface area (Å²) in [5, 5.41) is 4.12. The molecule has 2 aromatic carbocycles. The molecule has 1 N–H and O–H groups in total. The number of nitrogens with zero attached hydrogens (tertiary/aromatic N) is 1. The summed E-state index contributed by atoms with van der Waals surface area (Å²) in [4.78, 5) is 12.3. The lowest BCUT2D eigenvalue weighted by atomic mass is 10.0. The molecule has 0 radical (unpaired) electrons. The van der Waals surface area contributed by atoms with Crippen LogP contribution in [0.1, 0.15) is 23.2 Å². The number of rotatable bonds is 2. The predicted molar refractivity (Wildman–Crippen MR) is 72.2 cm³/mol. The summed E-state index contributed by atoms with van der Waals surface area (Å²) in [5.41, 5.74) is 3.73. The molecule has 0 aliphatic carbocycles. The summed E-state index contributed by atoms with van der Waals surface area (Å²) in [6.45, 7) is 1.91. The number of amides is 1. The average molecular weight is 240 g/mol. The zero-order chi connectivity index (χ0) is 12.4. The lowest BCUT2D eigenvalue weighted by Gasteiger charge is -2.16. The zero-order valence-electron chi connectivity index (χ0n) is 10.2. The Morgan fingerprint density at radius 1 is 1.00 bits per heavy atom. The second kappa shape index (κ2) is 4.78. The van der Waals surface area contributed by atoms with Gasteiger partial charge in [0.1, 0.15) is 0 Å². The Kier molecular flexibility index (Phi) is 2.99. The summed E-state index contributed by atoms with van der Waals surface area (Å²) < 4.78 is 0. The first-order valence-electron chi connectivity index (χ1n) is 6.38. The lowest BCUT2D eigenvalue weighted by molar-refractivity contribution is 0.0827. The van der Waals surface area contributed by atoms with Gasteiger partial charge in [-0.15, -0.1) is 0 Å². The van der Waals surface area contributed by atoms with E-state index in [-0.39, 0.29) is 5.91 Å². The van der Waals surface area contributed by atoms with Crippen molar-refractivity contribution in [3.05, 3.63) is 48.0 Å². The van der Waals surface area contributed by atoms with Gasteiger partial charge in [0.15, 0.2) is 0 Å². The number of fused-ring (bicyclic) bond motifs is 1. The minimum Gasteiger partial charge on any atom is -0.285 e. The topological polar surface area (TPSA) is 32.3 Å². The summed E-state index contributed by atoms with van der Waals surface area (Å²) in [6, 6.07) is 13.8. The first kappa shape index (κ1) is 11.2. The highest BCUT2D eigenvalue weighted by Gasteiger charge is 2.16. The Hall–Kier alpha value is -1.87. The van der Waals surface area contributed by atoms with E-state index >= 15 is 0 Å². The van der Waals surface area contributed by atoms with Crippen LogP contribution in [-0.2, 0) is 0 Å². The molecule has 18 heavy (non-hydrogen) atoms. The number of hydrogen-bond acceptors (Lipinski definition) is 2. The molecule has 1 amide bonds. The van der Waals surface area contributed by atoms with Gasteiger partial charge in [0.05, 0.1) is 0 Å². The molecule has 1 saturated heterocycles. The first-order chi connectivity index (χ1) is 8.84. The predicted octanol–water partition coefficient (Wildman–Crippen LogP) is 2.58. The van der Waals surface area contributed by atoms with Crippen LogP contribution in [0.3, 0.4) is 0 Å². The van der Waals surface area contributed by atoms with Crippen molar-refractivity contribution in [1.29, 1.82) is 0 Å². The van der Waals surface area contributed by atoms with Gasteiger partial charge in [-0.1, -0.05) is 36.4 Å². The van der Waals surface area contributed by atoms with Gasteiger partial charge in [0.2, 0.25) is 0 Å². The van der Waals surface area contributed by atoms with E-state index in [9.17, 15) is 4.79 Å². The van der Waals surface area contributed by atoms with Gasteiger partial charge in [-0.3, -0.25) is 10.2 Å². The molecule has 92 valence electrons. The van der Waals surface area contributed by atoms with Crippen molar-refractivity contribution in [3.63, 3.8) is 0 Å². The third kappa shape index (κ3) is 2.09. The van der Waals surface area contributed by atoms with Crippen LogP contribution < -0.4 is 5.43 Å². The van der Waals surface area contributed by atoms with Crippen molar-refractivity contribution >= 4 is 16.7 Å². The number of hydrogen-bond donors (Lipinski definition) is 1. The van der Waals surface area contributed by atoms with E-state index in [0.717, 1.165) is 42.3 Å². The van der Waals surface area contributed by atoms with Gasteiger partial charge >= 0.3 is 0 Å². The number of nitrogens with one attached hydrogen (secondary N) is 1. The molecule has 0 unspecified atom stereocenters. The van der Waals surface area contributed by atoms with E-state index in [1.807, 2.05) is 47.5 Å². The largest absolute Gasteiger partial charge is 0.285 e. The molecule has 0 saturated carbocycles. The molecule has 3 nitrogen and oxygen atoms in total. The third-order valence-electron chi connectivity index (χ3n) is 3.40. The number of carbonyl (C=O) groups is 1. The van der Waals surface area contributed by atoms with Crippen molar-refractivity contribution in [3.8, 4) is 0 Å². The Morgan fingerprint density at radius 3 is 2.56 bits per heavy atom. The molecule has 3 rings (SSSR count). The van der Waals surface area contributed by atoms with E-state index in [4.69, 9.17) is 0 Å². The Morgan fingerprint density at radius 2 is 1.72 bits per heavy atom. The van der Waals surface area contributed by atoms with Gasteiger partial charge in [-0.2, -0.15) is 0 Å². The molecule has 0 spiro atoms. The maximum absolute atomic E-state index is 12.3. The molecular weight excluding hydrogens is 224 g/mol. The summed E-state index contributed by atoms with van der Waals surface area (Å²) >= 11 is 0. The average Bonchev–Trinajstić information content (AvgIpc) is 2.91. The SMILES string of the molecule is O=C(NN1CCCC1)c1cccc2ccccc12. The zero-order valence-corrected chi connectivity index (χ0v) is 10.2. The van der Waals surface area contributed by atoms with Crippen LogP contribution in [0.2, 0.25) is 0 Å². The minimum atomic E-state index is -0.00583. The summed E-state index contributed by atoms with van der Waals surface area (Å²) in [5.74, 6) is -0.00583. The van der Waals surface area contributed by atoms with Gasteiger partial charge in [-0.25, -0.2) is 5.01 Å². The maximum atomic E-state index is 12.3. The van der Waals surface area contributed by atoms with Gasteiger partial charge < -0.3 is 0 Å². The van der Waals surface area contributed by atoms with Crippen LogP contribution in [-0.4, -0.2) is 24.0 Å². The second-order valence-corrected chi connectivity index (χ2v) is 4.66. The molecule has 0 bridgehead atoms. The Bertz CT molecular complexity index is 568. The Labute approximate surface area is 106 Å². The van der Waals surface area contributed by atoms with Crippen LogP contribution in [0.25, 0.3) is 10.8 Å². The van der Waals surface area contributed by atoms with Gasteiger partial charge in [0.25, 0.3) is 5.91 Å². The molecule has 1 aliphatic rings. The maximum Gasteiger partial charge on any atom is 0.266 e. The second-order valence-electron chi connectivity index (χ2n) is 4.66. The van der Waals surface area contributed by atoms with Crippen molar-refractivity contribution in [2.45, 2.75) is 12.8 Å². The molecule has 1 heterocycles. The van der Waals surface area contributed by atoms with Gasteiger partial charge in [0, 0.05) is 18.7 Å². The third-order valence-corrected chi connectivity index (χ3v) is 3.40. The molecule has 1 fully saturated rings. The van der Waals surface area contributed by atoms with Gasteiger partial charge in [-0.05, 0) is 29.7 Å². The van der Waals surface area contributed by atoms with Crippen molar-refractivity contribution < 1.29 is 4.79 Å². The Balaban J connectivity index is 1.91. The highest BCUT2D eigenvalue weighted by atomic mass is 16.2. The van der Waals surface area contributed by atoms with Crippen molar-refractivity contribution in [2.75, 3.05) is 13.1 Å². The summed E-state index contributed by atoms with van der Waals surface area (Å²) in [7, 11) is 0. The normalized spacial score (nSPS) is 16.0. The smallest absolute Gasteiger partial charge is 0.266 e. The highest BCUT2D eigenvalue weighted by Crippen LogP contribution is 2.18. The molecule has 3 heteroatoms. The minimum absolute atomic E-state index is 0.00583. The molecule has 2 aromatic rings. The van der Waals surface area contributed by atoms with Crippen molar-refractivity contribution in [1.82, 2.24) is 10.4 Å². The summed E-state index contributed by atoms with van der Waals surface area (Å²) in [6.07, 6.45) is 2.33. The fourth-order valence-corrected chi connectivity index (χ4v) is 2.46. The quantitative estimate of drug-likeness (QED) is 0.875. The number of carbonyl (C=O) groups excluding carboxylic acids is 1. The highest BCUT2D eigenvalue weighted by molar-refractivity contribution is 6.06. The molecule has 0 aromatic heterocycles. The van der Waals surface area contributed by atoms with Crippen LogP contribution in [0.4, 0.5) is 0 Å². The van der Waals surface area contributed by atoms with E-state index in [1.165, 1.54) is 0 Å². The number of hydrazine groups is 1. The monoisotopic (exact) mass is 240 g/mol. The molecule has 0 atom stereocenters. The van der Waals surface area contributed by atoms with E-state index < -0.39 is 0 Å². The molecule has 1 aliphatic heterocycles. The molecular formula is C15H16N2O.